The van der Waals surface area contributed by atoms with Crippen molar-refractivity contribution in [3.05, 3.63) is 12.2 Å². The first-order valence-corrected chi connectivity index (χ1v) is 7.47. The van der Waals surface area contributed by atoms with Gasteiger partial charge in [0.1, 0.15) is 0 Å². The normalized spacial score (nSPS) is 18.8. The molecule has 0 bridgehead atoms. The van der Waals surface area contributed by atoms with E-state index in [-0.39, 0.29) is 23.3 Å². The summed E-state index contributed by atoms with van der Waals surface area (Å²) in [5.41, 5.74) is 5.23. The Morgan fingerprint density at radius 1 is 1.30 bits per heavy atom. The molecule has 1 aliphatic carbocycles. The second-order valence-electron chi connectivity index (χ2n) is 6.84. The topological polar surface area (TPSA) is 72.2 Å². The summed E-state index contributed by atoms with van der Waals surface area (Å²) in [6.45, 7) is 7.75. The Kier molecular flexibility index (Phi) is 5.78. The molecule has 4 nitrogen and oxygen atoms in total. The number of hydrogen-bond acceptors (Lipinski definition) is 2. The highest BCUT2D eigenvalue weighted by Crippen LogP contribution is 2.38. The van der Waals surface area contributed by atoms with Crippen molar-refractivity contribution < 1.29 is 9.59 Å². The van der Waals surface area contributed by atoms with Crippen molar-refractivity contribution >= 4 is 11.8 Å². The third kappa shape index (κ3) is 5.76. The molecule has 0 spiro atoms. The van der Waals surface area contributed by atoms with Crippen molar-refractivity contribution in [1.82, 2.24) is 5.32 Å². The van der Waals surface area contributed by atoms with Crippen LogP contribution in [0.25, 0.3) is 0 Å². The van der Waals surface area contributed by atoms with Gasteiger partial charge in [-0.1, -0.05) is 25.0 Å². The number of amides is 2. The minimum atomic E-state index is -0.408. The number of carbonyl (C=O) groups is 2. The first kappa shape index (κ1) is 16.7. The standard InChI is InChI=1S/C16H28N2O2/c1-5-6-7-12(14(17)19)13(10-11-8-9-11)15(20)18-16(2,3)4/h5-6,11-13H,7-10H2,1-4H3,(H2,17,19)(H,18,20)/b6-5+/t12-,13?/m0/s1. The fourth-order valence-corrected chi connectivity index (χ4v) is 2.39. The van der Waals surface area contributed by atoms with E-state index >= 15 is 0 Å². The lowest BCUT2D eigenvalue weighted by atomic mass is 9.83. The van der Waals surface area contributed by atoms with Crippen LogP contribution in [0.5, 0.6) is 0 Å². The van der Waals surface area contributed by atoms with Crippen LogP contribution < -0.4 is 11.1 Å². The third-order valence-corrected chi connectivity index (χ3v) is 3.60. The molecule has 0 aromatic carbocycles. The molecule has 2 amide bonds. The molecule has 1 fully saturated rings. The summed E-state index contributed by atoms with van der Waals surface area (Å²) in [4.78, 5) is 24.2. The third-order valence-electron chi connectivity index (χ3n) is 3.60. The number of hydrogen-bond donors (Lipinski definition) is 2. The van der Waals surface area contributed by atoms with E-state index < -0.39 is 5.92 Å². The largest absolute Gasteiger partial charge is 0.369 e. The molecule has 4 heteroatoms. The van der Waals surface area contributed by atoms with Crippen LogP contribution >= 0.6 is 0 Å². The average Bonchev–Trinajstić information content (AvgIpc) is 3.09. The Balaban J connectivity index is 2.83. The van der Waals surface area contributed by atoms with Crippen molar-refractivity contribution in [3.63, 3.8) is 0 Å². The monoisotopic (exact) mass is 280 g/mol. The zero-order valence-electron chi connectivity index (χ0n) is 13.1. The van der Waals surface area contributed by atoms with Crippen molar-refractivity contribution in [3.8, 4) is 0 Å². The first-order valence-electron chi connectivity index (χ1n) is 7.47. The maximum Gasteiger partial charge on any atom is 0.224 e. The molecule has 0 heterocycles. The molecule has 0 saturated heterocycles. The van der Waals surface area contributed by atoms with E-state index in [1.807, 2.05) is 39.8 Å². The van der Waals surface area contributed by atoms with E-state index in [1.54, 1.807) is 0 Å². The second-order valence-corrected chi connectivity index (χ2v) is 6.84. The van der Waals surface area contributed by atoms with E-state index in [0.717, 1.165) is 19.3 Å². The van der Waals surface area contributed by atoms with E-state index in [0.29, 0.717) is 12.3 Å². The van der Waals surface area contributed by atoms with Crippen LogP contribution in [-0.4, -0.2) is 17.4 Å². The molecule has 1 rings (SSSR count). The molecular formula is C16H28N2O2. The maximum atomic E-state index is 12.5. The Hall–Kier alpha value is -1.32. The highest BCUT2D eigenvalue weighted by molar-refractivity contribution is 5.87. The van der Waals surface area contributed by atoms with Crippen LogP contribution in [-0.2, 0) is 9.59 Å². The van der Waals surface area contributed by atoms with Crippen LogP contribution in [0.15, 0.2) is 12.2 Å². The van der Waals surface area contributed by atoms with Gasteiger partial charge in [-0.2, -0.15) is 0 Å². The van der Waals surface area contributed by atoms with E-state index in [1.165, 1.54) is 0 Å². The zero-order valence-corrected chi connectivity index (χ0v) is 13.1. The minimum Gasteiger partial charge on any atom is -0.369 e. The van der Waals surface area contributed by atoms with Crippen molar-refractivity contribution in [2.45, 2.75) is 58.9 Å². The van der Waals surface area contributed by atoms with E-state index in [9.17, 15) is 9.59 Å². The summed E-state index contributed by atoms with van der Waals surface area (Å²) in [5.74, 6) is -0.557. The van der Waals surface area contributed by atoms with Gasteiger partial charge in [0.05, 0.1) is 11.8 Å². The highest BCUT2D eigenvalue weighted by atomic mass is 16.2. The summed E-state index contributed by atoms with van der Waals surface area (Å²) in [6, 6.07) is 0. The Morgan fingerprint density at radius 3 is 2.30 bits per heavy atom. The molecule has 2 atom stereocenters. The smallest absolute Gasteiger partial charge is 0.224 e. The van der Waals surface area contributed by atoms with Crippen LogP contribution in [0.3, 0.4) is 0 Å². The molecule has 0 aliphatic heterocycles. The zero-order chi connectivity index (χ0) is 15.3. The van der Waals surface area contributed by atoms with Gasteiger partial charge in [-0.3, -0.25) is 9.59 Å². The lowest BCUT2D eigenvalue weighted by Gasteiger charge is -2.28. The second kappa shape index (κ2) is 6.91. The molecular weight excluding hydrogens is 252 g/mol. The molecule has 1 unspecified atom stereocenters. The number of rotatable bonds is 7. The summed E-state index contributed by atoms with van der Waals surface area (Å²) in [7, 11) is 0. The van der Waals surface area contributed by atoms with Crippen molar-refractivity contribution in [1.29, 1.82) is 0 Å². The first-order chi connectivity index (χ1) is 9.24. The van der Waals surface area contributed by atoms with Gasteiger partial charge in [0, 0.05) is 5.54 Å². The van der Waals surface area contributed by atoms with Gasteiger partial charge in [-0.15, -0.1) is 0 Å². The summed E-state index contributed by atoms with van der Waals surface area (Å²) in [5, 5.41) is 2.99. The van der Waals surface area contributed by atoms with Gasteiger partial charge in [0.25, 0.3) is 0 Å². The molecule has 3 N–H and O–H groups in total. The highest BCUT2D eigenvalue weighted by Gasteiger charge is 2.37. The number of allylic oxidation sites excluding steroid dienone is 2. The Labute approximate surface area is 122 Å². The van der Waals surface area contributed by atoms with Crippen LogP contribution in [0.2, 0.25) is 0 Å². The van der Waals surface area contributed by atoms with Crippen molar-refractivity contribution in [2.24, 2.45) is 23.5 Å². The Morgan fingerprint density at radius 2 is 1.90 bits per heavy atom. The number of nitrogens with one attached hydrogen (secondary N) is 1. The molecule has 1 saturated carbocycles. The SMILES string of the molecule is C/C=C/C[C@H](C(N)=O)C(CC1CC1)C(=O)NC(C)(C)C. The molecule has 0 aromatic heterocycles. The molecule has 0 aromatic rings. The molecule has 20 heavy (non-hydrogen) atoms. The molecule has 0 radical (unpaired) electrons. The summed E-state index contributed by atoms with van der Waals surface area (Å²) in [6.07, 6.45) is 7.45. The van der Waals surface area contributed by atoms with Gasteiger partial charge in [0.2, 0.25) is 11.8 Å². The summed E-state index contributed by atoms with van der Waals surface area (Å²) < 4.78 is 0. The minimum absolute atomic E-state index is 0.0438. The number of carbonyl (C=O) groups excluding carboxylic acids is 2. The molecule has 1 aliphatic rings. The predicted octanol–water partition coefficient (Wildman–Crippen LogP) is 2.39. The lowest BCUT2D eigenvalue weighted by molar-refractivity contribution is -0.134. The van der Waals surface area contributed by atoms with Gasteiger partial charge in [-0.05, 0) is 46.5 Å². The van der Waals surface area contributed by atoms with Gasteiger partial charge in [-0.25, -0.2) is 0 Å². The summed E-state index contributed by atoms with van der Waals surface area (Å²) >= 11 is 0. The average molecular weight is 280 g/mol. The number of nitrogens with two attached hydrogens (primary N) is 1. The van der Waals surface area contributed by atoms with E-state index in [2.05, 4.69) is 5.32 Å². The fourth-order valence-electron chi connectivity index (χ4n) is 2.39. The van der Waals surface area contributed by atoms with Crippen LogP contribution in [0.4, 0.5) is 0 Å². The van der Waals surface area contributed by atoms with Crippen molar-refractivity contribution in [2.75, 3.05) is 0 Å². The number of primary amides is 1. The van der Waals surface area contributed by atoms with Gasteiger partial charge < -0.3 is 11.1 Å². The molecule has 114 valence electrons. The van der Waals surface area contributed by atoms with E-state index in [4.69, 9.17) is 5.73 Å². The lowest BCUT2D eigenvalue weighted by Crippen LogP contribution is -2.47. The fraction of sp³-hybridized carbons (Fsp3) is 0.750. The quantitative estimate of drug-likeness (QED) is 0.703. The Bertz CT molecular complexity index is 378. The predicted molar refractivity (Wildman–Crippen MR) is 80.8 cm³/mol. The van der Waals surface area contributed by atoms with Gasteiger partial charge >= 0.3 is 0 Å². The maximum absolute atomic E-state index is 12.5. The van der Waals surface area contributed by atoms with Crippen LogP contribution in [0.1, 0.15) is 53.4 Å². The van der Waals surface area contributed by atoms with Crippen LogP contribution in [0, 0.1) is 17.8 Å². The van der Waals surface area contributed by atoms with Gasteiger partial charge in [0.15, 0.2) is 0 Å².